The van der Waals surface area contributed by atoms with Gasteiger partial charge in [-0.2, -0.15) is 18.3 Å². The topological polar surface area (TPSA) is 102 Å². The van der Waals surface area contributed by atoms with Crippen LogP contribution in [0.5, 0.6) is 0 Å². The zero-order valence-corrected chi connectivity index (χ0v) is 16.9. The lowest BCUT2D eigenvalue weighted by Gasteiger charge is -2.11. The number of sulfonamides is 1. The van der Waals surface area contributed by atoms with Crippen LogP contribution in [0.1, 0.15) is 17.0 Å². The standard InChI is InChI=1S/C18H19F3N6O2S/c1-12-8-13(2)27(26-12)17-10-16(23-11-24-17)22-6-7-25-30(28,29)15-5-3-4-14(9-15)18(19,20)21/h3-5,8-11,25H,6-7H2,1-2H3,(H,22,23,24). The number of aryl methyl sites for hydroxylation is 2. The third kappa shape index (κ3) is 5.13. The predicted octanol–water partition coefficient (Wildman–Crippen LogP) is 2.69. The van der Waals surface area contributed by atoms with Crippen molar-refractivity contribution in [2.24, 2.45) is 0 Å². The van der Waals surface area contributed by atoms with Gasteiger partial charge in [-0.1, -0.05) is 6.07 Å². The molecule has 2 aromatic heterocycles. The van der Waals surface area contributed by atoms with Crippen molar-refractivity contribution in [1.29, 1.82) is 0 Å². The molecule has 3 aromatic rings. The molecule has 0 aliphatic carbocycles. The molecular formula is C18H19F3N6O2S. The van der Waals surface area contributed by atoms with E-state index in [1.165, 1.54) is 6.33 Å². The number of benzene rings is 1. The Balaban J connectivity index is 1.61. The van der Waals surface area contributed by atoms with Crippen LogP contribution in [0.15, 0.2) is 47.6 Å². The Morgan fingerprint density at radius 3 is 2.50 bits per heavy atom. The van der Waals surface area contributed by atoms with Crippen molar-refractivity contribution in [2.75, 3.05) is 18.4 Å². The van der Waals surface area contributed by atoms with E-state index >= 15 is 0 Å². The monoisotopic (exact) mass is 440 g/mol. The van der Waals surface area contributed by atoms with Gasteiger partial charge in [0.25, 0.3) is 0 Å². The normalized spacial score (nSPS) is 12.2. The number of anilines is 1. The molecule has 3 rings (SSSR count). The number of halogens is 3. The quantitative estimate of drug-likeness (QED) is 0.548. The van der Waals surface area contributed by atoms with Gasteiger partial charge in [0.05, 0.1) is 16.2 Å². The fourth-order valence-electron chi connectivity index (χ4n) is 2.72. The van der Waals surface area contributed by atoms with Crippen molar-refractivity contribution in [1.82, 2.24) is 24.5 Å². The molecular weight excluding hydrogens is 421 g/mol. The highest BCUT2D eigenvalue weighted by Gasteiger charge is 2.31. The first kappa shape index (κ1) is 21.7. The lowest BCUT2D eigenvalue weighted by molar-refractivity contribution is -0.137. The van der Waals surface area contributed by atoms with Crippen LogP contribution >= 0.6 is 0 Å². The molecule has 2 heterocycles. The summed E-state index contributed by atoms with van der Waals surface area (Å²) in [6.45, 7) is 3.85. The zero-order chi connectivity index (χ0) is 21.9. The minimum absolute atomic E-state index is 0.0577. The second-order valence-electron chi connectivity index (χ2n) is 6.45. The Kier molecular flexibility index (Phi) is 6.08. The summed E-state index contributed by atoms with van der Waals surface area (Å²) in [6, 6.07) is 7.13. The van der Waals surface area contributed by atoms with E-state index in [4.69, 9.17) is 0 Å². The molecule has 12 heteroatoms. The summed E-state index contributed by atoms with van der Waals surface area (Å²) in [6.07, 6.45) is -3.27. The van der Waals surface area contributed by atoms with E-state index in [2.05, 4.69) is 25.1 Å². The number of hydrogen-bond acceptors (Lipinski definition) is 6. The van der Waals surface area contributed by atoms with Gasteiger partial charge in [-0.15, -0.1) is 0 Å². The highest BCUT2D eigenvalue weighted by atomic mass is 32.2. The first-order chi connectivity index (χ1) is 14.1. The highest BCUT2D eigenvalue weighted by molar-refractivity contribution is 7.89. The van der Waals surface area contributed by atoms with Gasteiger partial charge in [0, 0.05) is 24.8 Å². The van der Waals surface area contributed by atoms with E-state index in [1.807, 2.05) is 19.9 Å². The van der Waals surface area contributed by atoms with Crippen LogP contribution in [0.4, 0.5) is 19.0 Å². The van der Waals surface area contributed by atoms with Crippen LogP contribution in [-0.4, -0.2) is 41.3 Å². The van der Waals surface area contributed by atoms with Gasteiger partial charge < -0.3 is 5.32 Å². The Morgan fingerprint density at radius 2 is 1.83 bits per heavy atom. The molecule has 0 saturated heterocycles. The molecule has 0 fully saturated rings. The van der Waals surface area contributed by atoms with E-state index in [0.29, 0.717) is 17.7 Å². The number of rotatable bonds is 7. The fraction of sp³-hybridized carbons (Fsp3) is 0.278. The van der Waals surface area contributed by atoms with E-state index in [1.54, 1.807) is 10.7 Å². The van der Waals surface area contributed by atoms with Crippen molar-refractivity contribution < 1.29 is 21.6 Å². The molecule has 0 bridgehead atoms. The second-order valence-corrected chi connectivity index (χ2v) is 8.22. The summed E-state index contributed by atoms with van der Waals surface area (Å²) in [5.41, 5.74) is 0.705. The molecule has 0 aliphatic rings. The summed E-state index contributed by atoms with van der Waals surface area (Å²) in [5, 5.41) is 7.28. The van der Waals surface area contributed by atoms with Gasteiger partial charge in [-0.05, 0) is 38.1 Å². The van der Waals surface area contributed by atoms with Crippen LogP contribution in [0.2, 0.25) is 0 Å². The van der Waals surface area contributed by atoms with Crippen molar-refractivity contribution in [3.63, 3.8) is 0 Å². The maximum absolute atomic E-state index is 12.8. The second kappa shape index (κ2) is 8.40. The van der Waals surface area contributed by atoms with Crippen molar-refractivity contribution in [2.45, 2.75) is 24.9 Å². The molecule has 0 atom stereocenters. The Bertz CT molecular complexity index is 1140. The van der Waals surface area contributed by atoms with Crippen LogP contribution in [0.3, 0.4) is 0 Å². The van der Waals surface area contributed by atoms with Gasteiger partial charge >= 0.3 is 6.18 Å². The molecule has 0 amide bonds. The summed E-state index contributed by atoms with van der Waals surface area (Å²) >= 11 is 0. The van der Waals surface area contributed by atoms with Crippen LogP contribution < -0.4 is 10.0 Å². The number of nitrogens with zero attached hydrogens (tertiary/aromatic N) is 4. The van der Waals surface area contributed by atoms with Gasteiger partial charge in [0.15, 0.2) is 5.82 Å². The molecule has 2 N–H and O–H groups in total. The molecule has 0 aliphatic heterocycles. The molecule has 30 heavy (non-hydrogen) atoms. The Hall–Kier alpha value is -2.99. The summed E-state index contributed by atoms with van der Waals surface area (Å²) < 4.78 is 66.8. The van der Waals surface area contributed by atoms with Crippen molar-refractivity contribution in [3.8, 4) is 5.82 Å². The molecule has 0 saturated carbocycles. The number of aromatic nitrogens is 4. The molecule has 0 radical (unpaired) electrons. The average Bonchev–Trinajstić information content (AvgIpc) is 3.03. The predicted molar refractivity (Wildman–Crippen MR) is 104 cm³/mol. The van der Waals surface area contributed by atoms with Gasteiger partial charge in [-0.25, -0.2) is 27.8 Å². The maximum atomic E-state index is 12.8. The number of nitrogens with one attached hydrogen (secondary N) is 2. The van der Waals surface area contributed by atoms with Crippen LogP contribution in [0, 0.1) is 13.8 Å². The average molecular weight is 440 g/mol. The molecule has 0 unspecified atom stereocenters. The number of alkyl halides is 3. The molecule has 1 aromatic carbocycles. The third-order valence-electron chi connectivity index (χ3n) is 4.07. The smallest absolute Gasteiger partial charge is 0.369 e. The SMILES string of the molecule is Cc1cc(C)n(-c2cc(NCCNS(=O)(=O)c3cccc(C(F)(F)F)c3)ncn2)n1. The van der Waals surface area contributed by atoms with E-state index < -0.39 is 26.7 Å². The first-order valence-electron chi connectivity index (χ1n) is 8.83. The van der Waals surface area contributed by atoms with Gasteiger partial charge in [0.1, 0.15) is 12.1 Å². The highest BCUT2D eigenvalue weighted by Crippen LogP contribution is 2.30. The van der Waals surface area contributed by atoms with Crippen molar-refractivity contribution in [3.05, 3.63) is 59.7 Å². The first-order valence-corrected chi connectivity index (χ1v) is 10.3. The summed E-state index contributed by atoms with van der Waals surface area (Å²) in [5.74, 6) is 0.994. The maximum Gasteiger partial charge on any atom is 0.416 e. The number of hydrogen-bond donors (Lipinski definition) is 2. The third-order valence-corrected chi connectivity index (χ3v) is 5.53. The molecule has 0 spiro atoms. The van der Waals surface area contributed by atoms with E-state index in [0.717, 1.165) is 29.6 Å². The van der Waals surface area contributed by atoms with Gasteiger partial charge in [-0.3, -0.25) is 0 Å². The largest absolute Gasteiger partial charge is 0.416 e. The van der Waals surface area contributed by atoms with E-state index in [-0.39, 0.29) is 13.1 Å². The van der Waals surface area contributed by atoms with Crippen LogP contribution in [-0.2, 0) is 16.2 Å². The lowest BCUT2D eigenvalue weighted by atomic mass is 10.2. The minimum Gasteiger partial charge on any atom is -0.369 e. The fourth-order valence-corrected chi connectivity index (χ4v) is 3.80. The molecule has 8 nitrogen and oxygen atoms in total. The van der Waals surface area contributed by atoms with E-state index in [9.17, 15) is 21.6 Å². The lowest BCUT2D eigenvalue weighted by Crippen LogP contribution is -2.29. The minimum atomic E-state index is -4.62. The Labute approximate surface area is 171 Å². The zero-order valence-electron chi connectivity index (χ0n) is 16.1. The van der Waals surface area contributed by atoms with Crippen molar-refractivity contribution >= 4 is 15.8 Å². The van der Waals surface area contributed by atoms with Crippen LogP contribution in [0.25, 0.3) is 5.82 Å². The summed E-state index contributed by atoms with van der Waals surface area (Å²) in [7, 11) is -4.09. The van der Waals surface area contributed by atoms with Gasteiger partial charge in [0.2, 0.25) is 10.0 Å². The molecule has 160 valence electrons. The summed E-state index contributed by atoms with van der Waals surface area (Å²) in [4.78, 5) is 7.78. The Morgan fingerprint density at radius 1 is 1.07 bits per heavy atom.